The molecule has 0 amide bonds. The second-order valence-corrected chi connectivity index (χ2v) is 11.6. The van der Waals surface area contributed by atoms with Crippen LogP contribution < -0.4 is 10.3 Å². The Labute approximate surface area is 195 Å². The first kappa shape index (κ1) is 24.4. The molecule has 1 saturated carbocycles. The summed E-state index contributed by atoms with van der Waals surface area (Å²) in [6.07, 6.45) is -1.88. The predicted molar refractivity (Wildman–Crippen MR) is 121 cm³/mol. The van der Waals surface area contributed by atoms with E-state index in [1.807, 2.05) is 0 Å². The highest BCUT2D eigenvalue weighted by molar-refractivity contribution is 7.91. The topological polar surface area (TPSA) is 116 Å². The highest BCUT2D eigenvalue weighted by Crippen LogP contribution is 2.34. The summed E-state index contributed by atoms with van der Waals surface area (Å²) in [4.78, 5) is 21.0. The SMILES string of the molecule is CCn1c(C(F)(F)F)cc2nc(-c3ncc(NS(=O)C4CC4)cc3S(=O)(=O)CC)n(C)c2c1=O. The van der Waals surface area contributed by atoms with Crippen molar-refractivity contribution in [3.63, 3.8) is 0 Å². The molecule has 0 radical (unpaired) electrons. The van der Waals surface area contributed by atoms with E-state index in [0.29, 0.717) is 4.57 Å². The minimum absolute atomic E-state index is 0.00527. The molecule has 3 heterocycles. The summed E-state index contributed by atoms with van der Waals surface area (Å²) in [6.45, 7) is 2.65. The molecular formula is C20H22F3N5O4S2. The first-order chi connectivity index (χ1) is 15.9. The Morgan fingerprint density at radius 3 is 2.47 bits per heavy atom. The number of hydrogen-bond donors (Lipinski definition) is 1. The number of anilines is 1. The number of halogens is 3. The smallest absolute Gasteiger partial charge is 0.321 e. The van der Waals surface area contributed by atoms with Crippen molar-refractivity contribution in [1.29, 1.82) is 0 Å². The lowest BCUT2D eigenvalue weighted by molar-refractivity contribution is -0.144. The number of alkyl halides is 3. The molecule has 1 unspecified atom stereocenters. The van der Waals surface area contributed by atoms with E-state index in [4.69, 9.17) is 0 Å². The maximum atomic E-state index is 13.5. The Bertz CT molecular complexity index is 1470. The first-order valence-electron chi connectivity index (χ1n) is 10.5. The van der Waals surface area contributed by atoms with Crippen molar-refractivity contribution in [1.82, 2.24) is 19.1 Å². The van der Waals surface area contributed by atoms with Crippen molar-refractivity contribution in [2.45, 2.75) is 49.6 Å². The molecule has 34 heavy (non-hydrogen) atoms. The van der Waals surface area contributed by atoms with Crippen molar-refractivity contribution >= 4 is 37.5 Å². The van der Waals surface area contributed by atoms with E-state index in [-0.39, 0.29) is 50.7 Å². The fourth-order valence-corrected chi connectivity index (χ4v) is 5.75. The fourth-order valence-electron chi connectivity index (χ4n) is 3.62. The third-order valence-corrected chi connectivity index (χ3v) is 8.82. The van der Waals surface area contributed by atoms with Gasteiger partial charge < -0.3 is 13.9 Å². The molecule has 1 N–H and O–H groups in total. The van der Waals surface area contributed by atoms with Crippen molar-refractivity contribution < 1.29 is 25.8 Å². The van der Waals surface area contributed by atoms with Crippen LogP contribution in [0.3, 0.4) is 0 Å². The number of nitrogens with one attached hydrogen (secondary N) is 1. The van der Waals surface area contributed by atoms with Gasteiger partial charge in [0, 0.05) is 13.6 Å². The number of nitrogens with zero attached hydrogens (tertiary/aromatic N) is 4. The molecule has 0 bridgehead atoms. The molecule has 1 aliphatic carbocycles. The number of aryl methyl sites for hydroxylation is 1. The second kappa shape index (κ2) is 8.48. The third-order valence-electron chi connectivity index (χ3n) is 5.57. The molecule has 4 rings (SSSR count). The van der Waals surface area contributed by atoms with Gasteiger partial charge in [-0.25, -0.2) is 22.6 Å². The zero-order valence-corrected chi connectivity index (χ0v) is 20.1. The van der Waals surface area contributed by atoms with Gasteiger partial charge in [0.2, 0.25) is 0 Å². The van der Waals surface area contributed by atoms with Crippen molar-refractivity contribution in [3.8, 4) is 11.5 Å². The van der Waals surface area contributed by atoms with E-state index in [9.17, 15) is 30.6 Å². The maximum Gasteiger partial charge on any atom is 0.431 e. The maximum absolute atomic E-state index is 13.5. The van der Waals surface area contributed by atoms with E-state index >= 15 is 0 Å². The fraction of sp³-hybridized carbons (Fsp3) is 0.450. The monoisotopic (exact) mass is 517 g/mol. The average Bonchev–Trinajstić information content (AvgIpc) is 3.57. The Morgan fingerprint density at radius 2 is 1.91 bits per heavy atom. The zero-order valence-electron chi connectivity index (χ0n) is 18.5. The van der Waals surface area contributed by atoms with Crippen LogP contribution in [0.2, 0.25) is 0 Å². The minimum Gasteiger partial charge on any atom is -0.321 e. The molecule has 0 aromatic carbocycles. The Balaban J connectivity index is 1.94. The largest absolute Gasteiger partial charge is 0.431 e. The van der Waals surface area contributed by atoms with Gasteiger partial charge in [0.05, 0.1) is 33.3 Å². The summed E-state index contributed by atoms with van der Waals surface area (Å²) >= 11 is 0. The van der Waals surface area contributed by atoms with E-state index < -0.39 is 38.3 Å². The summed E-state index contributed by atoms with van der Waals surface area (Å²) in [5.74, 6) is -0.349. The van der Waals surface area contributed by atoms with Gasteiger partial charge in [-0.2, -0.15) is 13.2 Å². The Hall–Kier alpha value is -2.74. The summed E-state index contributed by atoms with van der Waals surface area (Å²) in [7, 11) is -3.84. The molecule has 0 aliphatic heterocycles. The normalized spacial score (nSPS) is 15.6. The summed E-state index contributed by atoms with van der Waals surface area (Å²) in [5, 5.41) is -0.00527. The van der Waals surface area contributed by atoms with Crippen LogP contribution in [0.25, 0.3) is 22.6 Å². The summed E-state index contributed by atoms with van der Waals surface area (Å²) in [5.41, 5.74) is -2.26. The Kier molecular flexibility index (Phi) is 6.09. The molecule has 3 aromatic heterocycles. The van der Waals surface area contributed by atoms with Crippen LogP contribution in [0.15, 0.2) is 28.0 Å². The molecule has 0 spiro atoms. The highest BCUT2D eigenvalue weighted by Gasteiger charge is 2.36. The van der Waals surface area contributed by atoms with Crippen LogP contribution in [0.4, 0.5) is 18.9 Å². The average molecular weight is 518 g/mol. The van der Waals surface area contributed by atoms with E-state index in [1.54, 1.807) is 0 Å². The number of sulfone groups is 1. The highest BCUT2D eigenvalue weighted by atomic mass is 32.2. The van der Waals surface area contributed by atoms with Crippen molar-refractivity contribution in [2.24, 2.45) is 7.05 Å². The van der Waals surface area contributed by atoms with Gasteiger partial charge >= 0.3 is 6.18 Å². The van der Waals surface area contributed by atoms with Gasteiger partial charge in [-0.1, -0.05) is 6.92 Å². The van der Waals surface area contributed by atoms with Gasteiger partial charge in [0.25, 0.3) is 5.56 Å². The lowest BCUT2D eigenvalue weighted by Crippen LogP contribution is -2.28. The zero-order chi connectivity index (χ0) is 25.0. The summed E-state index contributed by atoms with van der Waals surface area (Å²) < 4.78 is 83.1. The van der Waals surface area contributed by atoms with Crippen molar-refractivity contribution in [3.05, 3.63) is 34.4 Å². The van der Waals surface area contributed by atoms with Crippen LogP contribution in [0.5, 0.6) is 0 Å². The molecule has 0 saturated heterocycles. The van der Waals surface area contributed by atoms with Crippen LogP contribution in [-0.4, -0.2) is 42.7 Å². The molecule has 184 valence electrons. The molecule has 1 fully saturated rings. The third kappa shape index (κ3) is 4.24. The van der Waals surface area contributed by atoms with Gasteiger partial charge in [0.1, 0.15) is 27.9 Å². The van der Waals surface area contributed by atoms with Gasteiger partial charge in [0.15, 0.2) is 15.7 Å². The number of imidazole rings is 1. The van der Waals surface area contributed by atoms with Gasteiger partial charge in [-0.3, -0.25) is 4.79 Å². The number of hydrogen-bond acceptors (Lipinski definition) is 6. The van der Waals surface area contributed by atoms with Gasteiger partial charge in [-0.05, 0) is 31.9 Å². The predicted octanol–water partition coefficient (Wildman–Crippen LogP) is 2.87. The first-order valence-corrected chi connectivity index (χ1v) is 13.3. The van der Waals surface area contributed by atoms with Crippen LogP contribution in [-0.2, 0) is 40.6 Å². The second-order valence-electron chi connectivity index (χ2n) is 7.88. The summed E-state index contributed by atoms with van der Waals surface area (Å²) in [6, 6.07) is 2.05. The number of pyridine rings is 2. The van der Waals surface area contributed by atoms with Crippen molar-refractivity contribution in [2.75, 3.05) is 10.5 Å². The molecule has 1 atom stereocenters. The van der Waals surface area contributed by atoms with E-state index in [1.165, 1.54) is 37.7 Å². The molecule has 14 heteroatoms. The van der Waals surface area contributed by atoms with Crippen LogP contribution >= 0.6 is 0 Å². The lowest BCUT2D eigenvalue weighted by Gasteiger charge is -2.14. The van der Waals surface area contributed by atoms with Crippen LogP contribution in [0.1, 0.15) is 32.4 Å². The minimum atomic E-state index is -4.78. The molecule has 3 aromatic rings. The number of fused-ring (bicyclic) bond motifs is 1. The van der Waals surface area contributed by atoms with Crippen LogP contribution in [0, 0.1) is 0 Å². The number of aromatic nitrogens is 4. The quantitative estimate of drug-likeness (QED) is 0.515. The van der Waals surface area contributed by atoms with E-state index in [2.05, 4.69) is 14.7 Å². The Morgan fingerprint density at radius 1 is 1.24 bits per heavy atom. The molecule has 9 nitrogen and oxygen atoms in total. The number of rotatable bonds is 7. The van der Waals surface area contributed by atoms with E-state index in [0.717, 1.165) is 18.9 Å². The van der Waals surface area contributed by atoms with Gasteiger partial charge in [-0.15, -0.1) is 0 Å². The molecule has 1 aliphatic rings. The molecular weight excluding hydrogens is 495 g/mol. The standard InChI is InChI=1S/C20H22F3N5O4S2/c1-4-28-15(20(21,22)23)9-13-17(19(28)29)27(3)18(25-13)16-14(34(31,32)5-2)8-11(10-24-16)26-33(30)12-6-7-12/h8-10,12,26H,4-7H2,1-3H3. The lowest BCUT2D eigenvalue weighted by atomic mass is 10.3.